The second kappa shape index (κ2) is 6.66. The van der Waals surface area contributed by atoms with Crippen LogP contribution < -0.4 is 15.4 Å². The van der Waals surface area contributed by atoms with Crippen molar-refractivity contribution in [3.8, 4) is 11.5 Å². The van der Waals surface area contributed by atoms with Crippen LogP contribution in [0.4, 0.5) is 10.5 Å². The Morgan fingerprint density at radius 3 is 2.57 bits per heavy atom. The van der Waals surface area contributed by atoms with Crippen LogP contribution in [0, 0.1) is 0 Å². The molecule has 128 valence electrons. The molecule has 1 aromatic carbocycles. The number of hydrogen-bond donors (Lipinski definition) is 3. The van der Waals surface area contributed by atoms with Gasteiger partial charge in [0.15, 0.2) is 0 Å². The van der Waals surface area contributed by atoms with Gasteiger partial charge in [-0.1, -0.05) is 0 Å². The number of phenolic OH excluding ortho intramolecular Hbond substituents is 1. The third-order valence-corrected chi connectivity index (χ3v) is 3.62. The first-order valence-electron chi connectivity index (χ1n) is 7.90. The third kappa shape index (κ3) is 5.32. The summed E-state index contributed by atoms with van der Waals surface area (Å²) < 4.78 is 11.4. The van der Waals surface area contributed by atoms with Gasteiger partial charge in [0.05, 0.1) is 5.69 Å². The van der Waals surface area contributed by atoms with E-state index in [9.17, 15) is 9.90 Å². The van der Waals surface area contributed by atoms with E-state index in [4.69, 9.17) is 9.47 Å². The van der Waals surface area contributed by atoms with Gasteiger partial charge in [-0.15, -0.1) is 0 Å². The Kier molecular flexibility index (Phi) is 5.04. The molecule has 6 heteroatoms. The lowest BCUT2D eigenvalue weighted by molar-refractivity contribution is 0.0545. The van der Waals surface area contributed by atoms with Crippen molar-refractivity contribution >= 4 is 11.8 Å². The molecule has 0 bridgehead atoms. The fourth-order valence-electron chi connectivity index (χ4n) is 2.44. The van der Waals surface area contributed by atoms with Crippen LogP contribution >= 0.6 is 0 Å². The van der Waals surface area contributed by atoms with Crippen molar-refractivity contribution in [2.45, 2.75) is 51.7 Å². The summed E-state index contributed by atoms with van der Waals surface area (Å²) in [4.78, 5) is 12.0. The molecule has 1 aromatic rings. The van der Waals surface area contributed by atoms with E-state index < -0.39 is 11.7 Å². The van der Waals surface area contributed by atoms with Crippen molar-refractivity contribution < 1.29 is 19.4 Å². The number of nitrogens with one attached hydrogen (secondary N) is 2. The summed E-state index contributed by atoms with van der Waals surface area (Å²) in [7, 11) is 0. The van der Waals surface area contributed by atoms with Crippen molar-refractivity contribution in [1.29, 1.82) is 0 Å². The van der Waals surface area contributed by atoms with Crippen LogP contribution in [0.1, 0.15) is 40.5 Å². The molecule has 1 saturated heterocycles. The zero-order valence-corrected chi connectivity index (χ0v) is 14.2. The molecule has 0 saturated carbocycles. The van der Waals surface area contributed by atoms with Crippen LogP contribution in [-0.2, 0) is 4.74 Å². The van der Waals surface area contributed by atoms with Crippen molar-refractivity contribution in [3.05, 3.63) is 18.2 Å². The van der Waals surface area contributed by atoms with Crippen molar-refractivity contribution in [3.63, 3.8) is 0 Å². The van der Waals surface area contributed by atoms with Gasteiger partial charge in [-0.25, -0.2) is 4.79 Å². The summed E-state index contributed by atoms with van der Waals surface area (Å²) in [6, 6.07) is 4.63. The summed E-state index contributed by atoms with van der Waals surface area (Å²) in [5.74, 6) is 0.535. The Balaban J connectivity index is 2.15. The third-order valence-electron chi connectivity index (χ3n) is 3.62. The summed E-state index contributed by atoms with van der Waals surface area (Å²) in [5, 5.41) is 15.7. The van der Waals surface area contributed by atoms with Crippen molar-refractivity contribution in [1.82, 2.24) is 5.32 Å². The summed E-state index contributed by atoms with van der Waals surface area (Å²) in [5.41, 5.74) is -0.427. The fourth-order valence-corrected chi connectivity index (χ4v) is 2.44. The van der Waals surface area contributed by atoms with E-state index in [0.29, 0.717) is 11.4 Å². The highest BCUT2D eigenvalue weighted by atomic mass is 16.6. The molecule has 0 atom stereocenters. The first-order chi connectivity index (χ1) is 10.7. The molecule has 0 aliphatic carbocycles. The summed E-state index contributed by atoms with van der Waals surface area (Å²) in [6.45, 7) is 9.20. The molecule has 0 unspecified atom stereocenters. The number of hydrogen-bond acceptors (Lipinski definition) is 5. The van der Waals surface area contributed by atoms with Crippen molar-refractivity contribution in [2.24, 2.45) is 0 Å². The molecule has 1 aliphatic heterocycles. The van der Waals surface area contributed by atoms with Crippen LogP contribution in [0.15, 0.2) is 18.2 Å². The minimum absolute atomic E-state index is 0.0901. The lowest BCUT2D eigenvalue weighted by Gasteiger charge is -2.35. The molecule has 1 amide bonds. The van der Waals surface area contributed by atoms with Gasteiger partial charge in [0.1, 0.15) is 22.7 Å². The molecule has 2 rings (SSSR count). The van der Waals surface area contributed by atoms with E-state index in [1.807, 2.05) is 6.92 Å². The highest BCUT2D eigenvalue weighted by Gasteiger charge is 2.30. The Morgan fingerprint density at radius 2 is 1.96 bits per heavy atom. The minimum atomic E-state index is -0.580. The zero-order chi connectivity index (χ0) is 17.1. The highest BCUT2D eigenvalue weighted by molar-refractivity contribution is 5.87. The van der Waals surface area contributed by atoms with Crippen LogP contribution in [0.5, 0.6) is 11.5 Å². The predicted molar refractivity (Wildman–Crippen MR) is 89.1 cm³/mol. The van der Waals surface area contributed by atoms with Crippen LogP contribution in [0.2, 0.25) is 0 Å². The number of benzene rings is 1. The topological polar surface area (TPSA) is 79.8 Å². The molecule has 0 radical (unpaired) electrons. The van der Waals surface area contributed by atoms with Gasteiger partial charge >= 0.3 is 6.09 Å². The van der Waals surface area contributed by atoms with Gasteiger partial charge in [-0.2, -0.15) is 0 Å². The molecule has 1 aliphatic rings. The molecule has 3 N–H and O–H groups in total. The standard InChI is InChI=1S/C17H26N2O4/c1-16(2,3)23-15(21)19-13-6-5-12(20)11-14(13)22-17(4)7-9-18-10-8-17/h5-6,11,18,20H,7-10H2,1-4H3,(H,19,21). The molecule has 0 aromatic heterocycles. The molecule has 0 spiro atoms. The lowest BCUT2D eigenvalue weighted by Crippen LogP contribution is -2.44. The molecule has 1 fully saturated rings. The Hall–Kier alpha value is -1.95. The highest BCUT2D eigenvalue weighted by Crippen LogP contribution is 2.34. The van der Waals surface area contributed by atoms with Gasteiger partial charge in [0, 0.05) is 6.07 Å². The maximum atomic E-state index is 12.0. The van der Waals surface area contributed by atoms with Crippen LogP contribution in [0.25, 0.3) is 0 Å². The largest absolute Gasteiger partial charge is 0.508 e. The van der Waals surface area contributed by atoms with Gasteiger partial charge in [0.25, 0.3) is 0 Å². The monoisotopic (exact) mass is 322 g/mol. The fraction of sp³-hybridized carbons (Fsp3) is 0.588. The zero-order valence-electron chi connectivity index (χ0n) is 14.2. The number of rotatable bonds is 3. The number of piperidine rings is 1. The smallest absolute Gasteiger partial charge is 0.412 e. The van der Waals surface area contributed by atoms with E-state index in [2.05, 4.69) is 10.6 Å². The molecular weight excluding hydrogens is 296 g/mol. The number of ether oxygens (including phenoxy) is 2. The van der Waals surface area contributed by atoms with E-state index in [0.717, 1.165) is 25.9 Å². The average Bonchev–Trinajstić information content (AvgIpc) is 2.40. The normalized spacial score (nSPS) is 17.4. The van der Waals surface area contributed by atoms with Gasteiger partial charge in [-0.3, -0.25) is 5.32 Å². The Labute approximate surface area is 137 Å². The second-order valence-electron chi connectivity index (χ2n) is 7.11. The number of carbonyl (C=O) groups is 1. The van der Waals surface area contributed by atoms with Gasteiger partial charge < -0.3 is 19.9 Å². The summed E-state index contributed by atoms with van der Waals surface area (Å²) in [6.07, 6.45) is 1.16. The number of phenols is 1. The van der Waals surface area contributed by atoms with E-state index in [1.165, 1.54) is 12.1 Å². The van der Waals surface area contributed by atoms with E-state index in [1.54, 1.807) is 26.8 Å². The number of anilines is 1. The lowest BCUT2D eigenvalue weighted by atomic mass is 9.94. The number of carbonyl (C=O) groups excluding carboxylic acids is 1. The molecular formula is C17H26N2O4. The van der Waals surface area contributed by atoms with Gasteiger partial charge in [-0.05, 0) is 65.8 Å². The van der Waals surface area contributed by atoms with E-state index in [-0.39, 0.29) is 11.4 Å². The first kappa shape index (κ1) is 17.4. The van der Waals surface area contributed by atoms with Gasteiger partial charge in [0.2, 0.25) is 0 Å². The maximum Gasteiger partial charge on any atom is 0.412 e. The molecule has 1 heterocycles. The second-order valence-corrected chi connectivity index (χ2v) is 7.11. The average molecular weight is 322 g/mol. The Bertz CT molecular complexity index is 560. The van der Waals surface area contributed by atoms with E-state index >= 15 is 0 Å². The molecule has 23 heavy (non-hydrogen) atoms. The summed E-state index contributed by atoms with van der Waals surface area (Å²) >= 11 is 0. The van der Waals surface area contributed by atoms with Crippen LogP contribution in [0.3, 0.4) is 0 Å². The predicted octanol–water partition coefficient (Wildman–Crippen LogP) is 3.26. The molecule has 6 nitrogen and oxygen atoms in total. The van der Waals surface area contributed by atoms with Crippen LogP contribution in [-0.4, -0.2) is 35.5 Å². The van der Waals surface area contributed by atoms with Crippen molar-refractivity contribution in [2.75, 3.05) is 18.4 Å². The number of amides is 1. The SMILES string of the molecule is CC(C)(C)OC(=O)Nc1ccc(O)cc1OC1(C)CCNCC1. The minimum Gasteiger partial charge on any atom is -0.508 e. The Morgan fingerprint density at radius 1 is 1.30 bits per heavy atom. The number of aromatic hydroxyl groups is 1. The quantitative estimate of drug-likeness (QED) is 0.744. The maximum absolute atomic E-state index is 12.0. The first-order valence-corrected chi connectivity index (χ1v) is 7.90.